The summed E-state index contributed by atoms with van der Waals surface area (Å²) < 4.78 is 0. The van der Waals surface area contributed by atoms with E-state index >= 15 is 0 Å². The molecule has 3 rings (SSSR count). The normalized spacial score (nSPS) is 21.1. The highest BCUT2D eigenvalue weighted by atomic mass is 16.1. The third-order valence-electron chi connectivity index (χ3n) is 5.01. The number of aromatic nitrogens is 2. The SMILES string of the molecule is CCCCNC(=O)C1CCCN(c2cc(N3CCCC3)ncn2)C1. The lowest BCUT2D eigenvalue weighted by molar-refractivity contribution is -0.125. The maximum Gasteiger partial charge on any atom is 0.224 e. The monoisotopic (exact) mass is 331 g/mol. The van der Waals surface area contributed by atoms with Crippen molar-refractivity contribution < 1.29 is 4.79 Å². The summed E-state index contributed by atoms with van der Waals surface area (Å²) >= 11 is 0. The van der Waals surface area contributed by atoms with E-state index in [9.17, 15) is 4.79 Å². The Morgan fingerprint density at radius 1 is 1.17 bits per heavy atom. The fourth-order valence-electron chi connectivity index (χ4n) is 3.56. The van der Waals surface area contributed by atoms with E-state index < -0.39 is 0 Å². The highest BCUT2D eigenvalue weighted by Gasteiger charge is 2.27. The number of hydrogen-bond donors (Lipinski definition) is 1. The first kappa shape index (κ1) is 17.0. The number of hydrogen-bond acceptors (Lipinski definition) is 5. The molecule has 1 aromatic heterocycles. The molecule has 1 atom stereocenters. The van der Waals surface area contributed by atoms with E-state index in [0.717, 1.165) is 70.0 Å². The van der Waals surface area contributed by atoms with E-state index in [1.165, 1.54) is 12.8 Å². The van der Waals surface area contributed by atoms with E-state index in [2.05, 4.69) is 38.1 Å². The van der Waals surface area contributed by atoms with Gasteiger partial charge in [-0.1, -0.05) is 13.3 Å². The number of amides is 1. The fraction of sp³-hybridized carbons (Fsp3) is 0.722. The molecule has 1 N–H and O–H groups in total. The summed E-state index contributed by atoms with van der Waals surface area (Å²) in [7, 11) is 0. The molecule has 3 heterocycles. The molecule has 2 aliphatic heterocycles. The number of anilines is 2. The van der Waals surface area contributed by atoms with Crippen molar-refractivity contribution in [3.8, 4) is 0 Å². The van der Waals surface area contributed by atoms with Crippen LogP contribution in [0.3, 0.4) is 0 Å². The lowest BCUT2D eigenvalue weighted by atomic mass is 9.97. The molecule has 6 nitrogen and oxygen atoms in total. The Balaban J connectivity index is 1.62. The maximum absolute atomic E-state index is 12.3. The van der Waals surface area contributed by atoms with E-state index in [1.807, 2.05) is 0 Å². The molecule has 1 amide bonds. The van der Waals surface area contributed by atoms with Crippen LogP contribution < -0.4 is 15.1 Å². The zero-order chi connectivity index (χ0) is 16.8. The molecule has 6 heteroatoms. The number of carbonyl (C=O) groups excluding carboxylic acids is 1. The van der Waals surface area contributed by atoms with Crippen LogP contribution in [0.2, 0.25) is 0 Å². The fourth-order valence-corrected chi connectivity index (χ4v) is 3.56. The van der Waals surface area contributed by atoms with Gasteiger partial charge in [0.05, 0.1) is 5.92 Å². The number of rotatable bonds is 6. The van der Waals surface area contributed by atoms with Crippen LogP contribution in [0.15, 0.2) is 12.4 Å². The van der Waals surface area contributed by atoms with Crippen molar-refractivity contribution >= 4 is 17.5 Å². The van der Waals surface area contributed by atoms with Gasteiger partial charge in [0.25, 0.3) is 0 Å². The summed E-state index contributed by atoms with van der Waals surface area (Å²) in [5.74, 6) is 2.24. The molecule has 2 saturated heterocycles. The number of carbonyl (C=O) groups is 1. The Morgan fingerprint density at radius 2 is 1.88 bits per heavy atom. The zero-order valence-corrected chi connectivity index (χ0v) is 14.7. The topological polar surface area (TPSA) is 61.4 Å². The van der Waals surface area contributed by atoms with Crippen LogP contribution >= 0.6 is 0 Å². The van der Waals surface area contributed by atoms with Gasteiger partial charge in [0.2, 0.25) is 5.91 Å². The molecule has 2 fully saturated rings. The first-order valence-corrected chi connectivity index (χ1v) is 9.37. The second kappa shape index (κ2) is 8.31. The van der Waals surface area contributed by atoms with Crippen molar-refractivity contribution in [2.75, 3.05) is 42.5 Å². The Bertz CT molecular complexity index is 544. The number of nitrogens with zero attached hydrogens (tertiary/aromatic N) is 4. The van der Waals surface area contributed by atoms with Crippen LogP contribution in [0.4, 0.5) is 11.6 Å². The van der Waals surface area contributed by atoms with Gasteiger partial charge in [-0.3, -0.25) is 4.79 Å². The van der Waals surface area contributed by atoms with Gasteiger partial charge in [-0.2, -0.15) is 0 Å². The summed E-state index contributed by atoms with van der Waals surface area (Å²) in [5.41, 5.74) is 0. The van der Waals surface area contributed by atoms with Crippen LogP contribution in [-0.2, 0) is 4.79 Å². The molecule has 132 valence electrons. The van der Waals surface area contributed by atoms with Crippen molar-refractivity contribution in [1.82, 2.24) is 15.3 Å². The summed E-state index contributed by atoms with van der Waals surface area (Å²) in [6.07, 6.45) is 8.30. The average Bonchev–Trinajstić information content (AvgIpc) is 3.17. The molecule has 0 saturated carbocycles. The third-order valence-corrected chi connectivity index (χ3v) is 5.01. The molecule has 0 spiro atoms. The first-order valence-electron chi connectivity index (χ1n) is 9.37. The highest BCUT2D eigenvalue weighted by Crippen LogP contribution is 2.25. The van der Waals surface area contributed by atoms with E-state index in [0.29, 0.717) is 0 Å². The minimum Gasteiger partial charge on any atom is -0.356 e. The van der Waals surface area contributed by atoms with Crippen LogP contribution in [0, 0.1) is 5.92 Å². The number of nitrogens with one attached hydrogen (secondary N) is 1. The smallest absolute Gasteiger partial charge is 0.224 e. The number of piperidine rings is 1. The molecule has 0 aromatic carbocycles. The third kappa shape index (κ3) is 4.16. The molecule has 1 unspecified atom stereocenters. The van der Waals surface area contributed by atoms with Crippen molar-refractivity contribution in [2.45, 2.75) is 45.4 Å². The van der Waals surface area contributed by atoms with E-state index in [4.69, 9.17) is 0 Å². The highest BCUT2D eigenvalue weighted by molar-refractivity contribution is 5.79. The zero-order valence-electron chi connectivity index (χ0n) is 14.7. The van der Waals surface area contributed by atoms with Crippen LogP contribution in [0.1, 0.15) is 45.4 Å². The van der Waals surface area contributed by atoms with Gasteiger partial charge in [-0.15, -0.1) is 0 Å². The van der Waals surface area contributed by atoms with Gasteiger partial charge in [0, 0.05) is 38.8 Å². The average molecular weight is 331 g/mol. The second-order valence-electron chi connectivity index (χ2n) is 6.86. The molecule has 2 aliphatic rings. The van der Waals surface area contributed by atoms with Crippen LogP contribution in [0.25, 0.3) is 0 Å². The maximum atomic E-state index is 12.3. The predicted octanol–water partition coefficient (Wildman–Crippen LogP) is 2.21. The van der Waals surface area contributed by atoms with Crippen molar-refractivity contribution in [3.05, 3.63) is 12.4 Å². The summed E-state index contributed by atoms with van der Waals surface area (Å²) in [5, 5.41) is 3.07. The van der Waals surface area contributed by atoms with Gasteiger partial charge < -0.3 is 15.1 Å². The van der Waals surface area contributed by atoms with Gasteiger partial charge in [0.15, 0.2) is 0 Å². The largest absolute Gasteiger partial charge is 0.356 e. The van der Waals surface area contributed by atoms with Crippen molar-refractivity contribution in [1.29, 1.82) is 0 Å². The standard InChI is InChI=1S/C18H29N5O/c1-2-3-8-19-18(24)15-7-6-11-23(13-15)17-12-16(20-14-21-17)22-9-4-5-10-22/h12,14-15H,2-11,13H2,1H3,(H,19,24). The summed E-state index contributed by atoms with van der Waals surface area (Å²) in [6.45, 7) is 6.82. The molecule has 1 aromatic rings. The van der Waals surface area contributed by atoms with Gasteiger partial charge in [0.1, 0.15) is 18.0 Å². The van der Waals surface area contributed by atoms with Gasteiger partial charge in [-0.05, 0) is 32.1 Å². The molecule has 24 heavy (non-hydrogen) atoms. The lowest BCUT2D eigenvalue weighted by Gasteiger charge is -2.33. The van der Waals surface area contributed by atoms with Gasteiger partial charge in [-0.25, -0.2) is 9.97 Å². The summed E-state index contributed by atoms with van der Waals surface area (Å²) in [6, 6.07) is 2.09. The Kier molecular flexibility index (Phi) is 5.88. The molecule has 0 bridgehead atoms. The quantitative estimate of drug-likeness (QED) is 0.810. The Morgan fingerprint density at radius 3 is 2.62 bits per heavy atom. The molecular formula is C18H29N5O. The van der Waals surface area contributed by atoms with E-state index in [-0.39, 0.29) is 11.8 Å². The first-order chi connectivity index (χ1) is 11.8. The molecule has 0 aliphatic carbocycles. The minimum atomic E-state index is 0.0702. The second-order valence-corrected chi connectivity index (χ2v) is 6.86. The lowest BCUT2D eigenvalue weighted by Crippen LogP contribution is -2.43. The Labute approximate surface area is 144 Å². The number of unbranched alkanes of at least 4 members (excludes halogenated alkanes) is 1. The van der Waals surface area contributed by atoms with Gasteiger partial charge >= 0.3 is 0 Å². The van der Waals surface area contributed by atoms with Crippen molar-refractivity contribution in [2.24, 2.45) is 5.92 Å². The summed E-state index contributed by atoms with van der Waals surface area (Å²) in [4.78, 5) is 25.8. The molecule has 0 radical (unpaired) electrons. The van der Waals surface area contributed by atoms with Crippen LogP contribution in [0.5, 0.6) is 0 Å². The Hall–Kier alpha value is -1.85. The van der Waals surface area contributed by atoms with Crippen molar-refractivity contribution in [3.63, 3.8) is 0 Å². The van der Waals surface area contributed by atoms with Crippen LogP contribution in [-0.4, -0.2) is 48.6 Å². The molecular weight excluding hydrogens is 302 g/mol. The minimum absolute atomic E-state index is 0.0702. The predicted molar refractivity (Wildman–Crippen MR) is 96.3 cm³/mol. The van der Waals surface area contributed by atoms with E-state index in [1.54, 1.807) is 6.33 Å².